The number of nitrogens with zero attached hydrogens (tertiary/aromatic N) is 2. The van der Waals surface area contributed by atoms with Crippen LogP contribution >= 0.6 is 11.8 Å². The summed E-state index contributed by atoms with van der Waals surface area (Å²) in [6.45, 7) is 2.88. The normalized spacial score (nSPS) is 12.6. The number of rotatable bonds is 5. The fourth-order valence-corrected chi connectivity index (χ4v) is 2.37. The predicted molar refractivity (Wildman–Crippen MR) is 72.0 cm³/mol. The molecule has 0 fully saturated rings. The van der Waals surface area contributed by atoms with Gasteiger partial charge in [0.05, 0.1) is 12.7 Å². The lowest BCUT2D eigenvalue weighted by Crippen LogP contribution is -2.04. The van der Waals surface area contributed by atoms with Gasteiger partial charge in [-0.15, -0.1) is 11.8 Å². The summed E-state index contributed by atoms with van der Waals surface area (Å²) in [6.07, 6.45) is 3.87. The highest BCUT2D eigenvalue weighted by Crippen LogP contribution is 2.17. The van der Waals surface area contributed by atoms with Gasteiger partial charge in [0.2, 0.25) is 0 Å². The Bertz CT molecular complexity index is 451. The van der Waals surface area contributed by atoms with Crippen molar-refractivity contribution in [3.8, 4) is 0 Å². The van der Waals surface area contributed by atoms with Crippen LogP contribution in [0.3, 0.4) is 0 Å². The van der Waals surface area contributed by atoms with Gasteiger partial charge in [-0.25, -0.2) is 0 Å². The maximum atomic E-state index is 5.79. The van der Waals surface area contributed by atoms with Crippen molar-refractivity contribution >= 4 is 11.8 Å². The number of hydrogen-bond donors (Lipinski definition) is 1. The summed E-state index contributed by atoms with van der Waals surface area (Å²) >= 11 is 1.84. The number of hydrogen-bond acceptors (Lipinski definition) is 3. The molecule has 0 aliphatic rings. The molecule has 0 saturated heterocycles. The highest BCUT2D eigenvalue weighted by atomic mass is 32.2. The van der Waals surface area contributed by atoms with E-state index in [1.807, 2.05) is 41.8 Å². The van der Waals surface area contributed by atoms with Crippen LogP contribution in [0.25, 0.3) is 0 Å². The van der Waals surface area contributed by atoms with Crippen LogP contribution in [0.15, 0.2) is 47.6 Å². The lowest BCUT2D eigenvalue weighted by atomic mass is 10.2. The molecule has 2 rings (SSSR count). The molecule has 1 heterocycles. The first-order valence-corrected chi connectivity index (χ1v) is 6.70. The van der Waals surface area contributed by atoms with Gasteiger partial charge in [-0.3, -0.25) is 4.68 Å². The highest BCUT2D eigenvalue weighted by Gasteiger charge is 2.02. The smallest absolute Gasteiger partial charge is 0.0537 e. The van der Waals surface area contributed by atoms with E-state index in [2.05, 4.69) is 29.4 Å². The maximum absolute atomic E-state index is 5.79. The minimum atomic E-state index is 0.0607. The zero-order valence-corrected chi connectivity index (χ0v) is 10.7. The van der Waals surface area contributed by atoms with Crippen LogP contribution in [0.5, 0.6) is 0 Å². The number of thioether (sulfide) groups is 1. The van der Waals surface area contributed by atoms with E-state index < -0.39 is 0 Å². The van der Waals surface area contributed by atoms with Crippen molar-refractivity contribution in [3.05, 3.63) is 48.3 Å². The molecule has 90 valence electrons. The average molecular weight is 247 g/mol. The largest absolute Gasteiger partial charge is 0.324 e. The minimum Gasteiger partial charge on any atom is -0.324 e. The van der Waals surface area contributed by atoms with E-state index in [1.54, 1.807) is 0 Å². The zero-order chi connectivity index (χ0) is 12.1. The van der Waals surface area contributed by atoms with Crippen LogP contribution < -0.4 is 5.73 Å². The molecule has 1 atom stereocenters. The molecule has 0 amide bonds. The zero-order valence-electron chi connectivity index (χ0n) is 9.91. The van der Waals surface area contributed by atoms with Crippen molar-refractivity contribution in [2.75, 3.05) is 5.75 Å². The molecule has 0 spiro atoms. The molecule has 17 heavy (non-hydrogen) atoms. The monoisotopic (exact) mass is 247 g/mol. The van der Waals surface area contributed by atoms with Crippen LogP contribution in [0.4, 0.5) is 0 Å². The second-order valence-corrected chi connectivity index (χ2v) is 5.16. The third-order valence-corrected chi connectivity index (χ3v) is 3.50. The topological polar surface area (TPSA) is 43.8 Å². The number of benzene rings is 1. The fraction of sp³-hybridized carbons (Fsp3) is 0.308. The number of aryl methyl sites for hydroxylation is 1. The molecule has 1 aromatic heterocycles. The Balaban J connectivity index is 1.82. The van der Waals surface area contributed by atoms with E-state index in [1.165, 1.54) is 4.90 Å². The van der Waals surface area contributed by atoms with Crippen LogP contribution in [0.1, 0.15) is 18.5 Å². The van der Waals surface area contributed by atoms with E-state index in [4.69, 9.17) is 5.73 Å². The Kier molecular flexibility index (Phi) is 4.23. The van der Waals surface area contributed by atoms with Crippen LogP contribution in [-0.2, 0) is 6.54 Å². The van der Waals surface area contributed by atoms with E-state index in [9.17, 15) is 0 Å². The summed E-state index contributed by atoms with van der Waals surface area (Å²) in [4.78, 5) is 1.30. The fourth-order valence-electron chi connectivity index (χ4n) is 1.51. The first-order valence-electron chi connectivity index (χ1n) is 5.71. The van der Waals surface area contributed by atoms with E-state index in [0.717, 1.165) is 17.9 Å². The molecular formula is C13H17N3S. The molecule has 4 heteroatoms. The molecule has 2 N–H and O–H groups in total. The summed E-state index contributed by atoms with van der Waals surface area (Å²) in [5, 5.41) is 4.29. The molecule has 3 nitrogen and oxygen atoms in total. The Morgan fingerprint density at radius 2 is 2.12 bits per heavy atom. The third-order valence-electron chi connectivity index (χ3n) is 2.51. The Hall–Kier alpha value is -1.26. The first-order chi connectivity index (χ1) is 8.25. The number of aromatic nitrogens is 2. The summed E-state index contributed by atoms with van der Waals surface area (Å²) in [5.41, 5.74) is 6.88. The summed E-state index contributed by atoms with van der Waals surface area (Å²) in [5.74, 6) is 1.02. The van der Waals surface area contributed by atoms with Crippen molar-refractivity contribution in [1.82, 2.24) is 9.78 Å². The van der Waals surface area contributed by atoms with E-state index >= 15 is 0 Å². The molecule has 0 aliphatic heterocycles. The molecule has 0 saturated carbocycles. The SMILES string of the molecule is CC(N)c1cnn(CCSc2ccccc2)c1. The van der Waals surface area contributed by atoms with Crippen molar-refractivity contribution < 1.29 is 0 Å². The van der Waals surface area contributed by atoms with Crippen LogP contribution in [0.2, 0.25) is 0 Å². The second-order valence-electron chi connectivity index (χ2n) is 3.99. The second kappa shape index (κ2) is 5.89. The average Bonchev–Trinajstić information content (AvgIpc) is 2.79. The molecular weight excluding hydrogens is 230 g/mol. The highest BCUT2D eigenvalue weighted by molar-refractivity contribution is 7.99. The van der Waals surface area contributed by atoms with Gasteiger partial charge >= 0.3 is 0 Å². The maximum Gasteiger partial charge on any atom is 0.0537 e. The number of nitrogens with two attached hydrogens (primary N) is 1. The van der Waals surface area contributed by atoms with Crippen molar-refractivity contribution in [1.29, 1.82) is 0 Å². The first kappa shape index (κ1) is 12.2. The van der Waals surface area contributed by atoms with E-state index in [0.29, 0.717) is 0 Å². The van der Waals surface area contributed by atoms with Gasteiger partial charge in [0, 0.05) is 28.5 Å². The third kappa shape index (κ3) is 3.61. The van der Waals surface area contributed by atoms with Gasteiger partial charge in [0.25, 0.3) is 0 Å². The van der Waals surface area contributed by atoms with Gasteiger partial charge in [-0.1, -0.05) is 18.2 Å². The molecule has 1 aromatic carbocycles. The van der Waals surface area contributed by atoms with Gasteiger partial charge in [0.15, 0.2) is 0 Å². The summed E-state index contributed by atoms with van der Waals surface area (Å²) in [6, 6.07) is 10.5. The van der Waals surface area contributed by atoms with Crippen molar-refractivity contribution in [2.45, 2.75) is 24.4 Å². The van der Waals surface area contributed by atoms with Crippen molar-refractivity contribution in [2.24, 2.45) is 5.73 Å². The molecule has 0 bridgehead atoms. The standard InChI is InChI=1S/C13H17N3S/c1-11(14)12-9-15-16(10-12)7-8-17-13-5-3-2-4-6-13/h2-6,9-11H,7-8,14H2,1H3. The van der Waals surface area contributed by atoms with Gasteiger partial charge in [0.1, 0.15) is 0 Å². The van der Waals surface area contributed by atoms with Crippen molar-refractivity contribution in [3.63, 3.8) is 0 Å². The lowest BCUT2D eigenvalue weighted by Gasteiger charge is -2.02. The van der Waals surface area contributed by atoms with Gasteiger partial charge in [-0.05, 0) is 19.1 Å². The molecule has 0 aliphatic carbocycles. The molecule has 2 aromatic rings. The molecule has 1 unspecified atom stereocenters. The van der Waals surface area contributed by atoms with Gasteiger partial charge in [-0.2, -0.15) is 5.10 Å². The summed E-state index contributed by atoms with van der Waals surface area (Å²) < 4.78 is 1.95. The van der Waals surface area contributed by atoms with Gasteiger partial charge < -0.3 is 5.73 Å². The Morgan fingerprint density at radius 3 is 2.76 bits per heavy atom. The quantitative estimate of drug-likeness (QED) is 0.826. The van der Waals surface area contributed by atoms with Crippen LogP contribution in [-0.4, -0.2) is 15.5 Å². The lowest BCUT2D eigenvalue weighted by molar-refractivity contribution is 0.664. The molecule has 0 radical (unpaired) electrons. The van der Waals surface area contributed by atoms with E-state index in [-0.39, 0.29) is 6.04 Å². The predicted octanol–water partition coefficient (Wildman–Crippen LogP) is 2.70. The minimum absolute atomic E-state index is 0.0607. The Morgan fingerprint density at radius 1 is 1.35 bits per heavy atom. The Labute approximate surface area is 106 Å². The van der Waals surface area contributed by atoms with Crippen LogP contribution in [0, 0.1) is 0 Å². The summed E-state index contributed by atoms with van der Waals surface area (Å²) in [7, 11) is 0.